The van der Waals surface area contributed by atoms with E-state index in [1.54, 1.807) is 0 Å². The lowest BCUT2D eigenvalue weighted by molar-refractivity contribution is 0.702. The molecule has 0 bridgehead atoms. The molecule has 0 unspecified atom stereocenters. The number of halogens is 1. The minimum Gasteiger partial charge on any atom is -0.353 e. The van der Waals surface area contributed by atoms with E-state index >= 15 is 0 Å². The van der Waals surface area contributed by atoms with Crippen molar-refractivity contribution in [1.29, 1.82) is 0 Å². The van der Waals surface area contributed by atoms with Gasteiger partial charge in [-0.1, -0.05) is 23.7 Å². The third-order valence-corrected chi connectivity index (χ3v) is 2.11. The van der Waals surface area contributed by atoms with Crippen molar-refractivity contribution >= 4 is 17.6 Å². The average molecular weight is 241 g/mol. The van der Waals surface area contributed by atoms with Crippen LogP contribution in [-0.2, 0) is 6.54 Å². The zero-order valence-electron chi connectivity index (χ0n) is 9.50. The van der Waals surface area contributed by atoms with Crippen molar-refractivity contribution in [3.63, 3.8) is 0 Å². The van der Waals surface area contributed by atoms with Gasteiger partial charge in [0.15, 0.2) is 0 Å². The van der Waals surface area contributed by atoms with Crippen LogP contribution in [0, 0.1) is 0 Å². The first-order valence-electron chi connectivity index (χ1n) is 5.14. The summed E-state index contributed by atoms with van der Waals surface area (Å²) in [7, 11) is 0. The van der Waals surface area contributed by atoms with E-state index in [9.17, 15) is 0 Å². The van der Waals surface area contributed by atoms with Gasteiger partial charge in [0, 0.05) is 11.1 Å². The van der Waals surface area contributed by atoms with Crippen molar-refractivity contribution in [2.24, 2.45) is 10.8 Å². The SMILES string of the molecule is CC(C)NC(=NCc1cccc(Cl)c1)NN. The molecule has 4 N–H and O–H groups in total. The van der Waals surface area contributed by atoms with Gasteiger partial charge in [-0.2, -0.15) is 0 Å². The van der Waals surface area contributed by atoms with Crippen LogP contribution in [-0.4, -0.2) is 12.0 Å². The molecular weight excluding hydrogens is 224 g/mol. The lowest BCUT2D eigenvalue weighted by Gasteiger charge is -2.11. The highest BCUT2D eigenvalue weighted by Crippen LogP contribution is 2.11. The van der Waals surface area contributed by atoms with E-state index in [-0.39, 0.29) is 6.04 Å². The zero-order chi connectivity index (χ0) is 12.0. The maximum atomic E-state index is 5.87. The van der Waals surface area contributed by atoms with Crippen molar-refractivity contribution < 1.29 is 0 Å². The molecule has 0 radical (unpaired) electrons. The number of benzene rings is 1. The van der Waals surface area contributed by atoms with Gasteiger partial charge in [0.1, 0.15) is 0 Å². The van der Waals surface area contributed by atoms with E-state index in [0.717, 1.165) is 5.56 Å². The largest absolute Gasteiger partial charge is 0.353 e. The fourth-order valence-corrected chi connectivity index (χ4v) is 1.42. The number of aliphatic imine (C=N–C) groups is 1. The van der Waals surface area contributed by atoms with Gasteiger partial charge in [-0.25, -0.2) is 10.8 Å². The summed E-state index contributed by atoms with van der Waals surface area (Å²) in [5.74, 6) is 5.92. The van der Waals surface area contributed by atoms with Gasteiger partial charge in [0.25, 0.3) is 0 Å². The second-order valence-electron chi connectivity index (χ2n) is 3.74. The number of nitrogens with two attached hydrogens (primary N) is 1. The summed E-state index contributed by atoms with van der Waals surface area (Å²) < 4.78 is 0. The van der Waals surface area contributed by atoms with Gasteiger partial charge in [-0.05, 0) is 31.5 Å². The van der Waals surface area contributed by atoms with Gasteiger partial charge in [0.2, 0.25) is 5.96 Å². The van der Waals surface area contributed by atoms with Crippen LogP contribution in [0.3, 0.4) is 0 Å². The second-order valence-corrected chi connectivity index (χ2v) is 4.17. The minimum absolute atomic E-state index is 0.286. The maximum Gasteiger partial charge on any atom is 0.206 e. The smallest absolute Gasteiger partial charge is 0.206 e. The van der Waals surface area contributed by atoms with E-state index in [0.29, 0.717) is 17.5 Å². The monoisotopic (exact) mass is 240 g/mol. The van der Waals surface area contributed by atoms with Crippen molar-refractivity contribution in [3.05, 3.63) is 34.9 Å². The Morgan fingerprint density at radius 3 is 2.81 bits per heavy atom. The van der Waals surface area contributed by atoms with E-state index < -0.39 is 0 Å². The fraction of sp³-hybridized carbons (Fsp3) is 0.364. The van der Waals surface area contributed by atoms with Crippen molar-refractivity contribution in [1.82, 2.24) is 10.7 Å². The summed E-state index contributed by atoms with van der Waals surface area (Å²) in [5.41, 5.74) is 3.57. The highest BCUT2D eigenvalue weighted by molar-refractivity contribution is 6.30. The minimum atomic E-state index is 0.286. The van der Waals surface area contributed by atoms with Gasteiger partial charge in [0.05, 0.1) is 6.54 Å². The van der Waals surface area contributed by atoms with Gasteiger partial charge < -0.3 is 5.32 Å². The molecule has 0 aromatic heterocycles. The summed E-state index contributed by atoms with van der Waals surface area (Å²) >= 11 is 5.87. The topological polar surface area (TPSA) is 62.4 Å². The molecule has 0 aliphatic heterocycles. The number of rotatable bonds is 3. The Labute approximate surface area is 101 Å². The molecule has 0 saturated carbocycles. The van der Waals surface area contributed by atoms with Crippen LogP contribution in [0.1, 0.15) is 19.4 Å². The van der Waals surface area contributed by atoms with E-state index in [1.807, 2.05) is 38.1 Å². The Morgan fingerprint density at radius 2 is 2.25 bits per heavy atom. The quantitative estimate of drug-likeness (QED) is 0.326. The highest BCUT2D eigenvalue weighted by Gasteiger charge is 1.98. The fourth-order valence-electron chi connectivity index (χ4n) is 1.21. The van der Waals surface area contributed by atoms with Gasteiger partial charge >= 0.3 is 0 Å². The lowest BCUT2D eigenvalue weighted by atomic mass is 10.2. The number of hydrazine groups is 1. The van der Waals surface area contributed by atoms with Crippen LogP contribution in [0.4, 0.5) is 0 Å². The number of hydrogen-bond acceptors (Lipinski definition) is 2. The van der Waals surface area contributed by atoms with Crippen LogP contribution in [0.5, 0.6) is 0 Å². The van der Waals surface area contributed by atoms with E-state index in [2.05, 4.69) is 15.7 Å². The number of guanidine groups is 1. The molecule has 88 valence electrons. The molecule has 0 atom stereocenters. The number of nitrogens with one attached hydrogen (secondary N) is 2. The third kappa shape index (κ3) is 4.51. The highest BCUT2D eigenvalue weighted by atomic mass is 35.5. The van der Waals surface area contributed by atoms with Crippen LogP contribution in [0.15, 0.2) is 29.3 Å². The van der Waals surface area contributed by atoms with E-state index in [1.165, 1.54) is 0 Å². The van der Waals surface area contributed by atoms with Crippen LogP contribution >= 0.6 is 11.6 Å². The molecule has 1 aromatic rings. The summed E-state index contributed by atoms with van der Waals surface area (Å²) in [6.45, 7) is 4.58. The number of nitrogens with zero attached hydrogens (tertiary/aromatic N) is 1. The van der Waals surface area contributed by atoms with Crippen LogP contribution in [0.25, 0.3) is 0 Å². The van der Waals surface area contributed by atoms with Crippen molar-refractivity contribution in [3.8, 4) is 0 Å². The first-order chi connectivity index (χ1) is 7.61. The molecule has 16 heavy (non-hydrogen) atoms. The average Bonchev–Trinajstić information content (AvgIpc) is 2.24. The Balaban J connectivity index is 2.62. The summed E-state index contributed by atoms with van der Waals surface area (Å²) in [5, 5.41) is 3.81. The molecule has 0 spiro atoms. The first kappa shape index (κ1) is 12.8. The molecule has 1 aromatic carbocycles. The summed E-state index contributed by atoms with van der Waals surface area (Å²) in [4.78, 5) is 4.30. The molecule has 5 heteroatoms. The Bertz CT molecular complexity index is 363. The third-order valence-electron chi connectivity index (χ3n) is 1.87. The van der Waals surface area contributed by atoms with Crippen LogP contribution < -0.4 is 16.6 Å². The first-order valence-corrected chi connectivity index (χ1v) is 5.51. The zero-order valence-corrected chi connectivity index (χ0v) is 10.3. The van der Waals surface area contributed by atoms with Crippen LogP contribution in [0.2, 0.25) is 5.02 Å². The van der Waals surface area contributed by atoms with Crippen molar-refractivity contribution in [2.75, 3.05) is 0 Å². The lowest BCUT2D eigenvalue weighted by Crippen LogP contribution is -2.44. The molecule has 0 fully saturated rings. The molecule has 0 amide bonds. The summed E-state index contributed by atoms with van der Waals surface area (Å²) in [6.07, 6.45) is 0. The predicted molar refractivity (Wildman–Crippen MR) is 68.2 cm³/mol. The van der Waals surface area contributed by atoms with Gasteiger partial charge in [-0.15, -0.1) is 0 Å². The van der Waals surface area contributed by atoms with Gasteiger partial charge in [-0.3, -0.25) is 5.43 Å². The molecule has 4 nitrogen and oxygen atoms in total. The van der Waals surface area contributed by atoms with Crippen molar-refractivity contribution in [2.45, 2.75) is 26.4 Å². The summed E-state index contributed by atoms with van der Waals surface area (Å²) in [6, 6.07) is 7.88. The molecule has 0 aliphatic rings. The van der Waals surface area contributed by atoms with E-state index in [4.69, 9.17) is 17.4 Å². The molecule has 0 saturated heterocycles. The molecular formula is C11H17ClN4. The molecule has 0 heterocycles. The Kier molecular flexibility index (Phi) is 5.08. The number of hydrogen-bond donors (Lipinski definition) is 3. The Morgan fingerprint density at radius 1 is 1.50 bits per heavy atom. The second kappa shape index (κ2) is 6.35. The Hall–Kier alpha value is -1.26. The predicted octanol–water partition coefficient (Wildman–Crippen LogP) is 1.66. The molecule has 0 aliphatic carbocycles. The standard InChI is InChI=1S/C11H17ClN4/c1-8(2)15-11(16-13)14-7-9-4-3-5-10(12)6-9/h3-6,8H,7,13H2,1-2H3,(H2,14,15,16). The normalized spacial score (nSPS) is 11.7. The molecule has 1 rings (SSSR count). The maximum absolute atomic E-state index is 5.87.